The largest absolute Gasteiger partial charge is 0.477 e. The van der Waals surface area contributed by atoms with E-state index >= 15 is 0 Å². The van der Waals surface area contributed by atoms with Crippen molar-refractivity contribution in [2.45, 2.75) is 75.4 Å². The van der Waals surface area contributed by atoms with Crippen LogP contribution in [0.15, 0.2) is 47.6 Å². The summed E-state index contributed by atoms with van der Waals surface area (Å²) in [6.45, 7) is -4.82. The summed E-state index contributed by atoms with van der Waals surface area (Å²) in [4.78, 5) is 21.1. The molecule has 0 aromatic carbocycles. The fourth-order valence-electron chi connectivity index (χ4n) is 5.25. The third kappa shape index (κ3) is 8.28. The second-order valence-electron chi connectivity index (χ2n) is 11.6. The molecular formula is C30H37ClF3N7O4S. The van der Waals surface area contributed by atoms with Gasteiger partial charge in [0.1, 0.15) is 11.0 Å². The minimum Gasteiger partial charge on any atom is -0.477 e. The van der Waals surface area contributed by atoms with Gasteiger partial charge in [0, 0.05) is 32.6 Å². The molecule has 2 aliphatic rings. The average molecular weight is 690 g/mol. The molecule has 1 aliphatic carbocycles. The summed E-state index contributed by atoms with van der Waals surface area (Å²) in [6, 6.07) is 8.23. The number of rotatable bonds is 14. The van der Waals surface area contributed by atoms with Crippen LogP contribution in [0.1, 0.15) is 77.2 Å². The van der Waals surface area contributed by atoms with Gasteiger partial charge in [-0.1, -0.05) is 17.7 Å². The van der Waals surface area contributed by atoms with E-state index in [-0.39, 0.29) is 79.4 Å². The van der Waals surface area contributed by atoms with Gasteiger partial charge in [0.05, 0.1) is 17.6 Å². The first kappa shape index (κ1) is 26.6. The molecule has 3 N–H and O–H groups in total. The predicted octanol–water partition coefficient (Wildman–Crippen LogP) is 5.52. The number of hydrogen-bond donors (Lipinski definition) is 3. The normalized spacial score (nSPS) is 21.2. The maximum absolute atomic E-state index is 13.1. The number of ether oxygens (including phenoxy) is 1. The Labute approximate surface area is 279 Å². The quantitative estimate of drug-likeness (QED) is 0.148. The number of amides is 1. The number of nitrogens with zero attached hydrogens (tertiary/aromatic N) is 4. The first-order valence-corrected chi connectivity index (χ1v) is 16.5. The zero-order valence-electron chi connectivity index (χ0n) is 30.5. The zero-order valence-corrected chi connectivity index (χ0v) is 26.1. The molecule has 1 saturated heterocycles. The Hall–Kier alpha value is -3.43. The van der Waals surface area contributed by atoms with E-state index in [0.29, 0.717) is 19.4 Å². The van der Waals surface area contributed by atoms with E-state index in [1.807, 2.05) is 4.72 Å². The predicted molar refractivity (Wildman–Crippen MR) is 166 cm³/mol. The minimum atomic E-state index is -4.46. The highest BCUT2D eigenvalue weighted by molar-refractivity contribution is 7.90. The number of anilines is 1. The Morgan fingerprint density at radius 1 is 1.20 bits per heavy atom. The average Bonchev–Trinajstić information content (AvgIpc) is 3.47. The van der Waals surface area contributed by atoms with Crippen LogP contribution in [0, 0.1) is 11.3 Å². The molecule has 0 bridgehead atoms. The molecule has 2 fully saturated rings. The van der Waals surface area contributed by atoms with Crippen molar-refractivity contribution in [2.24, 2.45) is 11.3 Å². The molecule has 0 unspecified atom stereocenters. The SMILES string of the molecule is [2H]C([2H])([2H])C1(C([2H])([2H])[2H])C[C@H](CCCNc2cccc(S(=O)(=O)NC(=O)c3ccc(-n4ccc(OCCCC5(C(F)(F)F)CC5)n4)nc3Cl)n2)CN1. The second-order valence-corrected chi connectivity index (χ2v) is 13.5. The number of halogens is 4. The van der Waals surface area contributed by atoms with Crippen molar-refractivity contribution in [3.05, 3.63) is 53.3 Å². The van der Waals surface area contributed by atoms with Crippen LogP contribution < -0.4 is 20.1 Å². The van der Waals surface area contributed by atoms with Gasteiger partial charge in [-0.2, -0.15) is 21.6 Å². The molecule has 0 spiro atoms. The summed E-state index contributed by atoms with van der Waals surface area (Å²) >= 11 is 6.23. The second kappa shape index (κ2) is 13.4. The first-order valence-electron chi connectivity index (χ1n) is 17.6. The van der Waals surface area contributed by atoms with Crippen LogP contribution in [0.4, 0.5) is 19.0 Å². The number of pyridine rings is 2. The highest BCUT2D eigenvalue weighted by Gasteiger charge is 2.62. The fourth-order valence-corrected chi connectivity index (χ4v) is 6.42. The van der Waals surface area contributed by atoms with Gasteiger partial charge in [0.15, 0.2) is 10.8 Å². The molecule has 1 atom stereocenters. The molecule has 1 saturated carbocycles. The summed E-state index contributed by atoms with van der Waals surface area (Å²) < 4.78 is 121. The Morgan fingerprint density at radius 3 is 2.70 bits per heavy atom. The van der Waals surface area contributed by atoms with Crippen molar-refractivity contribution in [2.75, 3.05) is 25.0 Å². The smallest absolute Gasteiger partial charge is 0.394 e. The van der Waals surface area contributed by atoms with Gasteiger partial charge in [-0.3, -0.25) is 4.79 Å². The third-order valence-electron chi connectivity index (χ3n) is 7.99. The Kier molecular flexibility index (Phi) is 7.73. The summed E-state index contributed by atoms with van der Waals surface area (Å²) in [5.41, 5.74) is -3.83. The molecule has 1 aliphatic heterocycles. The van der Waals surface area contributed by atoms with Gasteiger partial charge in [0.2, 0.25) is 5.88 Å². The Bertz CT molecular complexity index is 1860. The van der Waals surface area contributed by atoms with Crippen molar-refractivity contribution in [1.29, 1.82) is 0 Å². The van der Waals surface area contributed by atoms with Crippen LogP contribution in [-0.2, 0) is 10.0 Å². The number of alkyl halides is 3. The fraction of sp³-hybridized carbons (Fsp3) is 0.533. The van der Waals surface area contributed by atoms with Gasteiger partial charge in [-0.15, -0.1) is 5.10 Å². The standard InChI is InChI=1S/C30H37ClF3N7O4S/c1-28(2)18-20(19-36-28)6-4-15-35-22-7-3-8-25(37-22)46(43,44)40-27(42)21-9-10-23(38-26(21)31)41-16-11-24(39-41)45-17-5-12-29(13-14-29)30(32,33)34/h3,7-11,16,20,36H,4-6,12-15,17-19H2,1-2H3,(H,35,37)(H,40,42)/t20-/m0/s1/i1D3,2D3. The van der Waals surface area contributed by atoms with E-state index in [2.05, 4.69) is 25.7 Å². The number of sulfonamides is 1. The van der Waals surface area contributed by atoms with Gasteiger partial charge in [-0.05, 0) is 95.4 Å². The van der Waals surface area contributed by atoms with E-state index in [1.165, 1.54) is 47.3 Å². The highest BCUT2D eigenvalue weighted by Crippen LogP contribution is 2.60. The van der Waals surface area contributed by atoms with E-state index < -0.39 is 51.8 Å². The number of carbonyl (C=O) groups is 1. The Balaban J connectivity index is 1.11. The lowest BCUT2D eigenvalue weighted by Crippen LogP contribution is -2.31. The topological polar surface area (TPSA) is 140 Å². The zero-order chi connectivity index (χ0) is 38.2. The number of aromatic nitrogens is 4. The van der Waals surface area contributed by atoms with Crippen molar-refractivity contribution < 1.29 is 39.3 Å². The number of nitrogens with one attached hydrogen (secondary N) is 3. The van der Waals surface area contributed by atoms with Crippen molar-refractivity contribution in [1.82, 2.24) is 29.8 Å². The van der Waals surface area contributed by atoms with Crippen molar-refractivity contribution in [3.63, 3.8) is 0 Å². The first-order chi connectivity index (χ1) is 24.2. The van der Waals surface area contributed by atoms with Crippen molar-refractivity contribution >= 4 is 33.3 Å². The van der Waals surface area contributed by atoms with Crippen LogP contribution in [0.3, 0.4) is 0 Å². The van der Waals surface area contributed by atoms with Gasteiger partial charge in [-0.25, -0.2) is 19.4 Å². The van der Waals surface area contributed by atoms with E-state index in [4.69, 9.17) is 24.6 Å². The van der Waals surface area contributed by atoms with E-state index in [9.17, 15) is 26.4 Å². The number of hydrogen-bond acceptors (Lipinski definition) is 9. The van der Waals surface area contributed by atoms with Crippen LogP contribution in [0.5, 0.6) is 5.88 Å². The molecule has 5 rings (SSSR count). The Morgan fingerprint density at radius 2 is 2.00 bits per heavy atom. The van der Waals surface area contributed by atoms with Gasteiger partial charge < -0.3 is 15.4 Å². The molecular weight excluding hydrogens is 647 g/mol. The van der Waals surface area contributed by atoms with Crippen LogP contribution >= 0.6 is 11.6 Å². The molecule has 0 radical (unpaired) electrons. The summed E-state index contributed by atoms with van der Waals surface area (Å²) in [7, 11) is -4.46. The lowest BCUT2D eigenvalue weighted by molar-refractivity contribution is -0.189. The van der Waals surface area contributed by atoms with Gasteiger partial charge in [0.25, 0.3) is 15.9 Å². The summed E-state index contributed by atoms with van der Waals surface area (Å²) in [5, 5.41) is 9.10. The van der Waals surface area contributed by atoms with E-state index in [0.717, 1.165) is 0 Å². The van der Waals surface area contributed by atoms with E-state index in [1.54, 1.807) is 0 Å². The maximum atomic E-state index is 13.1. The van der Waals surface area contributed by atoms with Crippen LogP contribution in [0.25, 0.3) is 5.82 Å². The van der Waals surface area contributed by atoms with Crippen LogP contribution in [0.2, 0.25) is 5.15 Å². The summed E-state index contributed by atoms with van der Waals surface area (Å²) in [5.74, 6) is -0.765. The van der Waals surface area contributed by atoms with Crippen molar-refractivity contribution in [3.8, 4) is 11.7 Å². The third-order valence-corrected chi connectivity index (χ3v) is 9.51. The lowest BCUT2D eigenvalue weighted by Gasteiger charge is -2.18. The molecule has 4 heterocycles. The summed E-state index contributed by atoms with van der Waals surface area (Å²) in [6.07, 6.45) is -1.33. The lowest BCUT2D eigenvalue weighted by atomic mass is 9.94. The molecule has 250 valence electrons. The maximum Gasteiger partial charge on any atom is 0.394 e. The van der Waals surface area contributed by atoms with Gasteiger partial charge >= 0.3 is 6.18 Å². The molecule has 46 heavy (non-hydrogen) atoms. The molecule has 3 aromatic rings. The highest BCUT2D eigenvalue weighted by atomic mass is 35.5. The number of carbonyl (C=O) groups excluding carboxylic acids is 1. The van der Waals surface area contributed by atoms with Crippen LogP contribution in [-0.4, -0.2) is 65.5 Å². The minimum absolute atomic E-state index is 0.0253. The molecule has 1 amide bonds. The monoisotopic (exact) mass is 689 g/mol. The molecule has 3 aromatic heterocycles. The molecule has 11 nitrogen and oxygen atoms in total. The molecule has 16 heteroatoms.